The summed E-state index contributed by atoms with van der Waals surface area (Å²) < 4.78 is 0. The van der Waals surface area contributed by atoms with E-state index in [1.54, 1.807) is 0 Å². The van der Waals surface area contributed by atoms with Gasteiger partial charge in [-0.3, -0.25) is 4.98 Å². The van der Waals surface area contributed by atoms with Crippen LogP contribution in [0.25, 0.3) is 0 Å². The summed E-state index contributed by atoms with van der Waals surface area (Å²) in [7, 11) is 0. The molecule has 0 atom stereocenters. The maximum atomic E-state index is 8.68. The summed E-state index contributed by atoms with van der Waals surface area (Å²) in [5.74, 6) is 0.126. The highest BCUT2D eigenvalue weighted by atomic mass is 16.4. The van der Waals surface area contributed by atoms with E-state index in [1.807, 2.05) is 50.2 Å². The van der Waals surface area contributed by atoms with Gasteiger partial charge in [0.2, 0.25) is 0 Å². The summed E-state index contributed by atoms with van der Waals surface area (Å²) in [4.78, 5) is 4.45. The molecule has 0 saturated heterocycles. The van der Waals surface area contributed by atoms with Gasteiger partial charge in [0.1, 0.15) is 0 Å². The molecule has 0 aliphatic rings. The summed E-state index contributed by atoms with van der Waals surface area (Å²) in [6, 6.07) is 11.8. The Bertz CT molecular complexity index is 652. The highest BCUT2D eigenvalue weighted by molar-refractivity contribution is 5.97. The smallest absolute Gasteiger partial charge is 0.170 e. The van der Waals surface area contributed by atoms with Gasteiger partial charge < -0.3 is 16.3 Å². The largest absolute Gasteiger partial charge is 0.409 e. The van der Waals surface area contributed by atoms with Gasteiger partial charge in [0.25, 0.3) is 0 Å². The molecule has 1 aromatic carbocycles. The van der Waals surface area contributed by atoms with Crippen molar-refractivity contribution in [2.24, 2.45) is 10.9 Å². The summed E-state index contributed by atoms with van der Waals surface area (Å²) in [5, 5.41) is 15.1. The van der Waals surface area contributed by atoms with E-state index in [0.29, 0.717) is 0 Å². The van der Waals surface area contributed by atoms with Crippen molar-refractivity contribution in [3.8, 4) is 0 Å². The fourth-order valence-electron chi connectivity index (χ4n) is 2.13. The molecule has 0 bridgehead atoms. The van der Waals surface area contributed by atoms with Crippen LogP contribution >= 0.6 is 0 Å². The number of oxime groups is 1. The number of hydrogen-bond acceptors (Lipinski definition) is 4. The van der Waals surface area contributed by atoms with Crippen molar-refractivity contribution in [2.45, 2.75) is 26.9 Å². The average Bonchev–Trinajstić information content (AvgIpc) is 2.48. The van der Waals surface area contributed by atoms with Gasteiger partial charge in [-0.15, -0.1) is 0 Å². The number of nitrogens with one attached hydrogen (secondary N) is 1. The van der Waals surface area contributed by atoms with E-state index in [-0.39, 0.29) is 5.84 Å². The van der Waals surface area contributed by atoms with E-state index in [2.05, 4.69) is 15.5 Å². The fraction of sp³-hybridized carbons (Fsp3) is 0.250. The highest BCUT2D eigenvalue weighted by Crippen LogP contribution is 2.11. The maximum Gasteiger partial charge on any atom is 0.170 e. The van der Waals surface area contributed by atoms with Crippen LogP contribution in [-0.4, -0.2) is 16.0 Å². The molecule has 5 nitrogen and oxygen atoms in total. The molecule has 0 aliphatic carbocycles. The van der Waals surface area contributed by atoms with Crippen LogP contribution in [0.5, 0.6) is 0 Å². The van der Waals surface area contributed by atoms with E-state index >= 15 is 0 Å². The van der Waals surface area contributed by atoms with Crippen molar-refractivity contribution in [1.82, 2.24) is 10.3 Å². The monoisotopic (exact) mass is 284 g/mol. The van der Waals surface area contributed by atoms with E-state index in [4.69, 9.17) is 10.9 Å². The van der Waals surface area contributed by atoms with E-state index in [1.165, 1.54) is 5.56 Å². The number of nitrogens with zero attached hydrogens (tertiary/aromatic N) is 2. The standard InChI is InChI=1S/C16H20N4O/c1-11-8-13(16(17)20-21)6-7-14(11)9-18-10-15-5-3-4-12(2)19-15/h3-8,18,21H,9-10H2,1-2H3,(H2,17,20). The zero-order chi connectivity index (χ0) is 15.2. The average molecular weight is 284 g/mol. The van der Waals surface area contributed by atoms with Crippen LogP contribution < -0.4 is 11.1 Å². The number of nitrogens with two attached hydrogens (primary N) is 1. The molecule has 0 amide bonds. The molecular formula is C16H20N4O. The third-order valence-corrected chi connectivity index (χ3v) is 3.31. The number of pyridine rings is 1. The molecule has 0 aliphatic heterocycles. The third kappa shape index (κ3) is 4.03. The van der Waals surface area contributed by atoms with Crippen LogP contribution in [0.2, 0.25) is 0 Å². The first-order valence-electron chi connectivity index (χ1n) is 6.81. The van der Waals surface area contributed by atoms with Crippen molar-refractivity contribution in [2.75, 3.05) is 0 Å². The van der Waals surface area contributed by atoms with Gasteiger partial charge in [-0.1, -0.05) is 23.4 Å². The lowest BCUT2D eigenvalue weighted by Crippen LogP contribution is -2.16. The van der Waals surface area contributed by atoms with Crippen molar-refractivity contribution in [3.63, 3.8) is 0 Å². The molecule has 0 unspecified atom stereocenters. The lowest BCUT2D eigenvalue weighted by molar-refractivity contribution is 0.318. The van der Waals surface area contributed by atoms with Gasteiger partial charge in [0, 0.05) is 24.3 Å². The van der Waals surface area contributed by atoms with Crippen LogP contribution in [-0.2, 0) is 13.1 Å². The fourth-order valence-corrected chi connectivity index (χ4v) is 2.13. The second-order valence-electron chi connectivity index (χ2n) is 5.00. The number of hydrogen-bond donors (Lipinski definition) is 3. The van der Waals surface area contributed by atoms with Crippen LogP contribution in [0.1, 0.15) is 28.1 Å². The third-order valence-electron chi connectivity index (χ3n) is 3.31. The van der Waals surface area contributed by atoms with Crippen molar-refractivity contribution >= 4 is 5.84 Å². The number of rotatable bonds is 5. The van der Waals surface area contributed by atoms with Gasteiger partial charge in [-0.25, -0.2) is 0 Å². The van der Waals surface area contributed by atoms with Crippen LogP contribution in [0.15, 0.2) is 41.6 Å². The molecule has 2 aromatic rings. The Morgan fingerprint density at radius 1 is 1.24 bits per heavy atom. The molecule has 5 heteroatoms. The van der Waals surface area contributed by atoms with Crippen LogP contribution in [0, 0.1) is 13.8 Å². The van der Waals surface area contributed by atoms with Crippen molar-refractivity contribution in [3.05, 3.63) is 64.5 Å². The lowest BCUT2D eigenvalue weighted by atomic mass is 10.0. The molecule has 110 valence electrons. The van der Waals surface area contributed by atoms with Crippen LogP contribution in [0.4, 0.5) is 0 Å². The first kappa shape index (κ1) is 15.0. The van der Waals surface area contributed by atoms with E-state index < -0.39 is 0 Å². The molecule has 0 spiro atoms. The quantitative estimate of drug-likeness (QED) is 0.340. The molecule has 0 saturated carbocycles. The Morgan fingerprint density at radius 3 is 2.71 bits per heavy atom. The van der Waals surface area contributed by atoms with Gasteiger partial charge in [0.05, 0.1) is 5.69 Å². The molecule has 1 heterocycles. The minimum atomic E-state index is 0.126. The van der Waals surface area contributed by atoms with Gasteiger partial charge in [0.15, 0.2) is 5.84 Å². The zero-order valence-corrected chi connectivity index (χ0v) is 12.3. The highest BCUT2D eigenvalue weighted by Gasteiger charge is 2.04. The van der Waals surface area contributed by atoms with Crippen LogP contribution in [0.3, 0.4) is 0 Å². The van der Waals surface area contributed by atoms with Crippen molar-refractivity contribution < 1.29 is 5.21 Å². The minimum absolute atomic E-state index is 0.126. The zero-order valence-electron chi connectivity index (χ0n) is 12.3. The second kappa shape index (κ2) is 6.85. The minimum Gasteiger partial charge on any atom is -0.409 e. The Hall–Kier alpha value is -2.40. The van der Waals surface area contributed by atoms with Gasteiger partial charge in [-0.2, -0.15) is 0 Å². The molecular weight excluding hydrogens is 264 g/mol. The summed E-state index contributed by atoms with van der Waals surface area (Å²) in [6.07, 6.45) is 0. The number of aromatic nitrogens is 1. The first-order chi connectivity index (χ1) is 10.1. The Labute approximate surface area is 124 Å². The predicted octanol–water partition coefficient (Wildman–Crippen LogP) is 2.08. The summed E-state index contributed by atoms with van der Waals surface area (Å²) in [5.41, 5.74) is 10.6. The molecule has 2 rings (SSSR count). The van der Waals surface area contributed by atoms with Crippen molar-refractivity contribution in [1.29, 1.82) is 0 Å². The number of amidine groups is 1. The predicted molar refractivity (Wildman–Crippen MR) is 83.2 cm³/mol. The summed E-state index contributed by atoms with van der Waals surface area (Å²) >= 11 is 0. The van der Waals surface area contributed by atoms with Gasteiger partial charge in [-0.05, 0) is 43.2 Å². The second-order valence-corrected chi connectivity index (χ2v) is 5.00. The molecule has 0 radical (unpaired) electrons. The number of aryl methyl sites for hydroxylation is 2. The normalized spacial score (nSPS) is 11.6. The first-order valence-corrected chi connectivity index (χ1v) is 6.81. The lowest BCUT2D eigenvalue weighted by Gasteiger charge is -2.09. The molecule has 0 fully saturated rings. The Morgan fingerprint density at radius 2 is 2.05 bits per heavy atom. The molecule has 4 N–H and O–H groups in total. The molecule has 21 heavy (non-hydrogen) atoms. The SMILES string of the molecule is Cc1cccc(CNCc2ccc(/C(N)=N/O)cc2C)n1. The Balaban J connectivity index is 1.97. The molecule has 1 aromatic heterocycles. The number of benzene rings is 1. The Kier molecular flexibility index (Phi) is 4.90. The van der Waals surface area contributed by atoms with E-state index in [0.717, 1.165) is 35.6 Å². The van der Waals surface area contributed by atoms with E-state index in [9.17, 15) is 0 Å². The van der Waals surface area contributed by atoms with Gasteiger partial charge >= 0.3 is 0 Å². The summed E-state index contributed by atoms with van der Waals surface area (Å²) in [6.45, 7) is 5.47. The topological polar surface area (TPSA) is 83.5 Å². The maximum absolute atomic E-state index is 8.68.